The van der Waals surface area contributed by atoms with Gasteiger partial charge in [-0.15, -0.1) is 0 Å². The molecule has 1 atom stereocenters. The van der Waals surface area contributed by atoms with Crippen molar-refractivity contribution in [3.63, 3.8) is 0 Å². The minimum absolute atomic E-state index is 0.180. The monoisotopic (exact) mass is 376 g/mol. The molecule has 1 aromatic heterocycles. The Morgan fingerprint density at radius 1 is 1.14 bits per heavy atom. The van der Waals surface area contributed by atoms with Crippen LogP contribution >= 0.6 is 11.6 Å². The summed E-state index contributed by atoms with van der Waals surface area (Å²) in [6.07, 6.45) is 0.601. The van der Waals surface area contributed by atoms with Gasteiger partial charge in [-0.1, -0.05) is 11.6 Å². The van der Waals surface area contributed by atoms with E-state index in [2.05, 4.69) is 4.98 Å². The zero-order valence-corrected chi connectivity index (χ0v) is 11.7. The van der Waals surface area contributed by atoms with Gasteiger partial charge in [0.2, 0.25) is 11.0 Å². The van der Waals surface area contributed by atoms with Crippen LogP contribution in [-0.2, 0) is 21.0 Å². The summed E-state index contributed by atoms with van der Waals surface area (Å²) < 4.78 is 106. The van der Waals surface area contributed by atoms with Crippen LogP contribution in [0.15, 0.2) is 18.3 Å². The third-order valence-electron chi connectivity index (χ3n) is 1.76. The minimum Gasteiger partial charge on any atom is -0.236 e. The van der Waals surface area contributed by atoms with E-state index in [9.17, 15) is 39.0 Å². The van der Waals surface area contributed by atoms with Crippen molar-refractivity contribution in [1.82, 2.24) is 4.98 Å². The molecule has 0 fully saturated rings. The summed E-state index contributed by atoms with van der Waals surface area (Å²) in [4.78, 5) is 3.01. The molecule has 0 saturated heterocycles. The number of anilines is 1. The minimum atomic E-state index is -6.58. The quantitative estimate of drug-likeness (QED) is 0.760. The van der Waals surface area contributed by atoms with Crippen LogP contribution in [0, 0.1) is 0 Å². The highest BCUT2D eigenvalue weighted by Crippen LogP contribution is 2.35. The molecule has 0 aliphatic carbocycles. The van der Waals surface area contributed by atoms with Crippen LogP contribution in [0.4, 0.5) is 32.2 Å². The number of nitrogens with zero attached hydrogens (tertiary/aromatic N) is 2. The highest BCUT2D eigenvalue weighted by molar-refractivity contribution is 8.08. The fourth-order valence-corrected chi connectivity index (χ4v) is 3.30. The first-order valence-corrected chi connectivity index (χ1v) is 7.43. The van der Waals surface area contributed by atoms with E-state index in [1.54, 1.807) is 0 Å². The van der Waals surface area contributed by atoms with Crippen LogP contribution in [0.3, 0.4) is 0 Å². The Bertz CT molecular complexity index is 642. The van der Waals surface area contributed by atoms with Crippen LogP contribution < -0.4 is 3.71 Å². The summed E-state index contributed by atoms with van der Waals surface area (Å²) in [6, 6.07) is 1.24. The molecule has 0 aliphatic rings. The molecule has 14 heteroatoms. The summed E-state index contributed by atoms with van der Waals surface area (Å²) in [5, 5.41) is -0.180. The third-order valence-corrected chi connectivity index (χ3v) is 5.07. The van der Waals surface area contributed by atoms with Crippen molar-refractivity contribution in [3.05, 3.63) is 23.4 Å². The van der Waals surface area contributed by atoms with Crippen molar-refractivity contribution >= 4 is 38.4 Å². The summed E-state index contributed by atoms with van der Waals surface area (Å²) in [5.41, 5.74) is -11.9. The van der Waals surface area contributed by atoms with Crippen molar-refractivity contribution < 1.29 is 39.0 Å². The first-order valence-electron chi connectivity index (χ1n) is 4.50. The van der Waals surface area contributed by atoms with Gasteiger partial charge in [-0.3, -0.25) is 0 Å². The first-order chi connectivity index (χ1) is 9.28. The molecule has 0 amide bonds. The van der Waals surface area contributed by atoms with E-state index >= 15 is 0 Å². The zero-order chi connectivity index (χ0) is 16.6. The fourth-order valence-electron chi connectivity index (χ4n) is 0.961. The lowest BCUT2D eigenvalue weighted by atomic mass is 10.5. The zero-order valence-electron chi connectivity index (χ0n) is 9.31. The number of hydrogen-bond donors (Lipinski definition) is 0. The number of hydrogen-bond acceptors (Lipinski definition) is 4. The molecule has 0 saturated carbocycles. The highest BCUT2D eigenvalue weighted by Gasteiger charge is 2.57. The summed E-state index contributed by atoms with van der Waals surface area (Å²) in [6.45, 7) is 0. The smallest absolute Gasteiger partial charge is 0.236 e. The van der Waals surface area contributed by atoms with E-state index < -0.39 is 41.6 Å². The van der Waals surface area contributed by atoms with E-state index in [0.29, 0.717) is 12.3 Å². The molecular weight excluding hydrogens is 374 g/mol. The van der Waals surface area contributed by atoms with Gasteiger partial charge in [0.15, 0.2) is 5.82 Å². The van der Waals surface area contributed by atoms with Crippen LogP contribution in [-0.4, -0.2) is 28.6 Å². The standard InChI is InChI=1S/C7H3ClF6N2O3S2/c8-4-1-2-5(15-3-4)16(20(17)6(9,10)11)21(18,19)7(12,13)14/h1-3H/t20-/m0/s1. The maximum absolute atomic E-state index is 12.4. The van der Waals surface area contributed by atoms with Crippen molar-refractivity contribution in [3.8, 4) is 0 Å². The largest absolute Gasteiger partial charge is 0.517 e. The Hall–Kier alpha value is -1.08. The molecule has 1 rings (SSSR count). The van der Waals surface area contributed by atoms with Gasteiger partial charge in [-0.2, -0.15) is 38.5 Å². The lowest BCUT2D eigenvalue weighted by Crippen LogP contribution is -2.46. The summed E-state index contributed by atoms with van der Waals surface area (Å²) >= 11 is 5.34. The fraction of sp³-hybridized carbons (Fsp3) is 0.286. The SMILES string of the molecule is O=[S@](N(c1ccc(Cl)cn1)S(=O)(=O)C(F)(F)F)C(F)(F)F. The molecule has 120 valence electrons. The van der Waals surface area contributed by atoms with Gasteiger partial charge < -0.3 is 0 Å². The number of aromatic nitrogens is 1. The van der Waals surface area contributed by atoms with Gasteiger partial charge in [0.05, 0.1) is 5.02 Å². The van der Waals surface area contributed by atoms with E-state index in [4.69, 9.17) is 11.6 Å². The third kappa shape index (κ3) is 3.77. The number of rotatable bonds is 3. The molecule has 21 heavy (non-hydrogen) atoms. The molecular formula is C7H3ClF6N2O3S2. The molecule has 0 radical (unpaired) electrons. The maximum Gasteiger partial charge on any atom is 0.517 e. The van der Waals surface area contributed by atoms with E-state index in [-0.39, 0.29) is 5.02 Å². The molecule has 0 aromatic carbocycles. The maximum atomic E-state index is 12.4. The van der Waals surface area contributed by atoms with Crippen molar-refractivity contribution in [2.24, 2.45) is 0 Å². The van der Waals surface area contributed by atoms with Gasteiger partial charge in [0.25, 0.3) is 0 Å². The topological polar surface area (TPSA) is 67.3 Å². The molecule has 1 heterocycles. The number of alkyl halides is 6. The van der Waals surface area contributed by atoms with Gasteiger partial charge in [-0.25, -0.2) is 9.19 Å². The summed E-state index contributed by atoms with van der Waals surface area (Å²) in [7, 11) is -11.1. The molecule has 0 unspecified atom stereocenters. The first kappa shape index (κ1) is 18.0. The normalized spacial score (nSPS) is 14.8. The number of halogens is 7. The van der Waals surface area contributed by atoms with Crippen molar-refractivity contribution in [2.45, 2.75) is 11.0 Å². The van der Waals surface area contributed by atoms with Crippen LogP contribution in [0.2, 0.25) is 5.02 Å². The number of pyridine rings is 1. The van der Waals surface area contributed by atoms with Crippen LogP contribution in [0.25, 0.3) is 0 Å². The van der Waals surface area contributed by atoms with E-state index in [0.717, 1.165) is 6.07 Å². The average Bonchev–Trinajstić information content (AvgIpc) is 2.29. The lowest BCUT2D eigenvalue weighted by molar-refractivity contribution is -0.0443. The number of sulfonamides is 1. The van der Waals surface area contributed by atoms with Crippen molar-refractivity contribution in [1.29, 1.82) is 0 Å². The lowest BCUT2D eigenvalue weighted by Gasteiger charge is -2.23. The Kier molecular flexibility index (Phi) is 4.80. The van der Waals surface area contributed by atoms with Gasteiger partial charge in [-0.05, 0) is 12.1 Å². The Balaban J connectivity index is 3.53. The molecule has 0 N–H and O–H groups in total. The Morgan fingerprint density at radius 2 is 1.67 bits per heavy atom. The van der Waals surface area contributed by atoms with E-state index in [1.165, 1.54) is 0 Å². The van der Waals surface area contributed by atoms with E-state index in [1.807, 2.05) is 0 Å². The predicted molar refractivity (Wildman–Crippen MR) is 60.9 cm³/mol. The second-order valence-electron chi connectivity index (χ2n) is 3.21. The predicted octanol–water partition coefficient (Wildman–Crippen LogP) is 2.57. The van der Waals surface area contributed by atoms with Gasteiger partial charge in [0, 0.05) is 6.20 Å². The Morgan fingerprint density at radius 3 is 2.00 bits per heavy atom. The molecule has 5 nitrogen and oxygen atoms in total. The highest BCUT2D eigenvalue weighted by atomic mass is 35.5. The second-order valence-corrected chi connectivity index (χ2v) is 6.98. The van der Waals surface area contributed by atoms with Crippen LogP contribution in [0.5, 0.6) is 0 Å². The molecule has 0 aliphatic heterocycles. The van der Waals surface area contributed by atoms with Gasteiger partial charge >= 0.3 is 21.0 Å². The molecule has 1 aromatic rings. The second kappa shape index (κ2) is 5.61. The molecule has 0 spiro atoms. The summed E-state index contributed by atoms with van der Waals surface area (Å²) in [5.74, 6) is -1.34. The Labute approximate surface area is 121 Å². The van der Waals surface area contributed by atoms with Crippen molar-refractivity contribution in [2.75, 3.05) is 3.71 Å². The van der Waals surface area contributed by atoms with Gasteiger partial charge in [0.1, 0.15) is 0 Å². The van der Waals surface area contributed by atoms with Crippen LogP contribution in [0.1, 0.15) is 0 Å². The average molecular weight is 377 g/mol. The molecule has 0 bridgehead atoms.